The van der Waals surface area contributed by atoms with E-state index in [1.807, 2.05) is 12.3 Å². The first kappa shape index (κ1) is 34.1. The number of benzene rings is 6. The van der Waals surface area contributed by atoms with Crippen LogP contribution in [-0.4, -0.2) is 24.1 Å². The lowest BCUT2D eigenvalue weighted by molar-refractivity contribution is 0.591. The highest BCUT2D eigenvalue weighted by molar-refractivity contribution is 6.14. The summed E-state index contributed by atoms with van der Waals surface area (Å²) >= 11 is 0. The van der Waals surface area contributed by atoms with Gasteiger partial charge >= 0.3 is 0 Å². The molecule has 10 rings (SSSR count). The summed E-state index contributed by atoms with van der Waals surface area (Å²) in [4.78, 5) is 14.3. The minimum atomic E-state index is -0.152. The van der Waals surface area contributed by atoms with Crippen molar-refractivity contribution in [3.63, 3.8) is 0 Å². The molecule has 1 N–H and O–H groups in total. The van der Waals surface area contributed by atoms with Gasteiger partial charge in [0.05, 0.1) is 27.6 Å². The fourth-order valence-electron chi connectivity index (χ4n) is 8.69. The Morgan fingerprint density at radius 2 is 1.34 bits per heavy atom. The lowest BCUT2D eigenvalue weighted by atomic mass is 9.81. The van der Waals surface area contributed by atoms with Crippen molar-refractivity contribution in [3.8, 4) is 34.0 Å². The quantitative estimate of drug-likeness (QED) is 0.196. The predicted molar refractivity (Wildman–Crippen MR) is 236 cm³/mol. The van der Waals surface area contributed by atoms with Crippen LogP contribution >= 0.6 is 0 Å². The summed E-state index contributed by atoms with van der Waals surface area (Å²) in [6.07, 6.45) is 1.89. The molecule has 0 aliphatic carbocycles. The number of hydrogen-bond donors (Lipinski definition) is 1. The molecule has 4 aromatic heterocycles. The highest BCUT2D eigenvalue weighted by atomic mass is 15.1. The smallest absolute Gasteiger partial charge is 0.147 e. The van der Waals surface area contributed by atoms with Crippen molar-refractivity contribution < 1.29 is 0 Å². The number of imidazole rings is 1. The van der Waals surface area contributed by atoms with Gasteiger partial charge in [0.2, 0.25) is 0 Å². The molecule has 274 valence electrons. The maximum Gasteiger partial charge on any atom is 0.147 e. The Hall–Kier alpha value is -6.46. The first-order valence-corrected chi connectivity index (χ1v) is 19.6. The molecule has 0 radical (unpaired) electrons. The van der Waals surface area contributed by atoms with Crippen molar-refractivity contribution in [3.05, 3.63) is 156 Å². The van der Waals surface area contributed by atoms with Crippen molar-refractivity contribution in [1.82, 2.24) is 24.1 Å². The second kappa shape index (κ2) is 12.3. The van der Waals surface area contributed by atoms with Crippen LogP contribution in [0.3, 0.4) is 0 Å². The van der Waals surface area contributed by atoms with Crippen LogP contribution in [0.5, 0.6) is 0 Å². The summed E-state index contributed by atoms with van der Waals surface area (Å²) in [5.74, 6) is 1.81. The largest absolute Gasteiger partial charge is 0.354 e. The van der Waals surface area contributed by atoms with Crippen molar-refractivity contribution in [1.29, 1.82) is 0 Å². The highest BCUT2D eigenvalue weighted by Crippen LogP contribution is 2.44. The molecule has 0 fully saturated rings. The number of aryl methyl sites for hydroxylation is 1. The molecule has 5 nitrogen and oxygen atoms in total. The van der Waals surface area contributed by atoms with E-state index in [-0.39, 0.29) is 10.8 Å². The number of fused-ring (bicyclic) bond motifs is 7. The van der Waals surface area contributed by atoms with Gasteiger partial charge in [-0.25, -0.2) is 9.97 Å². The maximum atomic E-state index is 5.64. The van der Waals surface area contributed by atoms with Crippen LogP contribution in [0.2, 0.25) is 0 Å². The number of hydrogen-bond acceptors (Lipinski definition) is 2. The normalized spacial score (nSPS) is 12.6. The third-order valence-corrected chi connectivity index (χ3v) is 11.5. The second-order valence-electron chi connectivity index (χ2n) is 17.4. The van der Waals surface area contributed by atoms with Gasteiger partial charge in [-0.05, 0) is 107 Å². The van der Waals surface area contributed by atoms with Gasteiger partial charge in [0.25, 0.3) is 0 Å². The van der Waals surface area contributed by atoms with Gasteiger partial charge in [-0.3, -0.25) is 9.13 Å². The fourth-order valence-corrected chi connectivity index (χ4v) is 8.69. The van der Waals surface area contributed by atoms with E-state index in [0.717, 1.165) is 67.1 Å². The minimum Gasteiger partial charge on any atom is -0.354 e. The number of nitrogens with one attached hydrogen (secondary N) is 1. The molecule has 0 atom stereocenters. The molecule has 4 heterocycles. The molecule has 5 heteroatoms. The number of aromatic amines is 1. The van der Waals surface area contributed by atoms with Gasteiger partial charge in [0.1, 0.15) is 11.6 Å². The summed E-state index contributed by atoms with van der Waals surface area (Å²) < 4.78 is 4.69. The van der Waals surface area contributed by atoms with Gasteiger partial charge in [0, 0.05) is 50.1 Å². The summed E-state index contributed by atoms with van der Waals surface area (Å²) in [7, 11) is 0. The number of aromatic nitrogens is 5. The highest BCUT2D eigenvalue weighted by Gasteiger charge is 2.27. The van der Waals surface area contributed by atoms with Gasteiger partial charge in [0.15, 0.2) is 0 Å². The zero-order valence-electron chi connectivity index (χ0n) is 33.1. The van der Waals surface area contributed by atoms with E-state index >= 15 is 0 Å². The molecule has 0 spiro atoms. The number of pyridine rings is 1. The van der Waals surface area contributed by atoms with Gasteiger partial charge in [-0.15, -0.1) is 0 Å². The van der Waals surface area contributed by atoms with E-state index in [1.54, 1.807) is 0 Å². The third kappa shape index (κ3) is 5.29. The van der Waals surface area contributed by atoms with Crippen molar-refractivity contribution >= 4 is 54.6 Å². The van der Waals surface area contributed by atoms with E-state index in [1.165, 1.54) is 38.2 Å². The zero-order valence-corrected chi connectivity index (χ0v) is 33.1. The molecule has 0 saturated carbocycles. The summed E-state index contributed by atoms with van der Waals surface area (Å²) in [5, 5.41) is 4.93. The molecule has 0 saturated heterocycles. The fraction of sp³-hybridized carbons (Fsp3) is 0.176. The van der Waals surface area contributed by atoms with E-state index in [4.69, 9.17) is 9.97 Å². The summed E-state index contributed by atoms with van der Waals surface area (Å²) in [6.45, 7) is 16.0. The molecule has 0 unspecified atom stereocenters. The molecule has 0 amide bonds. The van der Waals surface area contributed by atoms with Crippen LogP contribution < -0.4 is 0 Å². The van der Waals surface area contributed by atoms with Gasteiger partial charge < -0.3 is 4.98 Å². The van der Waals surface area contributed by atoms with Gasteiger partial charge in [-0.2, -0.15) is 0 Å². The van der Waals surface area contributed by atoms with Crippen molar-refractivity contribution in [2.24, 2.45) is 0 Å². The van der Waals surface area contributed by atoms with Crippen LogP contribution in [0.4, 0.5) is 0 Å². The second-order valence-corrected chi connectivity index (χ2v) is 17.4. The Kier molecular flexibility index (Phi) is 7.47. The average Bonchev–Trinajstić information content (AvgIpc) is 3.86. The minimum absolute atomic E-state index is 0.0100. The van der Waals surface area contributed by atoms with E-state index < -0.39 is 0 Å². The monoisotopic (exact) mass is 727 g/mol. The molecule has 0 bridgehead atoms. The summed E-state index contributed by atoms with van der Waals surface area (Å²) in [5.41, 5.74) is 14.6. The Morgan fingerprint density at radius 3 is 2.12 bits per heavy atom. The molecule has 6 aromatic carbocycles. The molecular formula is C51H45N5. The van der Waals surface area contributed by atoms with Gasteiger partial charge in [-0.1, -0.05) is 108 Å². The third-order valence-electron chi connectivity index (χ3n) is 11.5. The number of H-pyrrole nitrogens is 1. The topological polar surface area (TPSA) is 51.4 Å². The molecule has 0 aliphatic heterocycles. The van der Waals surface area contributed by atoms with Crippen molar-refractivity contribution in [2.45, 2.75) is 59.3 Å². The summed E-state index contributed by atoms with van der Waals surface area (Å²) in [6, 6.07) is 48.4. The molecular weight excluding hydrogens is 683 g/mol. The van der Waals surface area contributed by atoms with E-state index in [2.05, 4.69) is 190 Å². The molecule has 56 heavy (non-hydrogen) atoms. The lowest BCUT2D eigenvalue weighted by Crippen LogP contribution is -2.12. The lowest BCUT2D eigenvalue weighted by Gasteiger charge is -2.23. The first-order chi connectivity index (χ1) is 27.0. The van der Waals surface area contributed by atoms with Crippen LogP contribution in [-0.2, 0) is 10.8 Å². The van der Waals surface area contributed by atoms with Crippen LogP contribution in [0.15, 0.2) is 140 Å². The Morgan fingerprint density at radius 1 is 0.571 bits per heavy atom. The molecule has 10 aromatic rings. The maximum absolute atomic E-state index is 5.64. The zero-order chi connectivity index (χ0) is 38.5. The number of nitrogens with zero attached hydrogens (tertiary/aromatic N) is 4. The Bertz CT molecular complexity index is 3160. The predicted octanol–water partition coefficient (Wildman–Crippen LogP) is 13.4. The van der Waals surface area contributed by atoms with E-state index in [0.29, 0.717) is 0 Å². The van der Waals surface area contributed by atoms with Crippen LogP contribution in [0, 0.1) is 6.92 Å². The molecule has 0 aliphatic rings. The number of rotatable bonds is 4. The SMILES string of the molecule is Cc1cccc(-n2c(-c3cccc4c3[nH]c3ccccc34)nc3c(-c4cc(C(C)(C)C)c5c6cc(C(C)(C)C)ccc6n(-c6ccccn6)c5c4)cccc32)c1. The van der Waals surface area contributed by atoms with Crippen molar-refractivity contribution in [2.75, 3.05) is 0 Å². The standard InChI is InChI=1S/C51H45N5/c1-31-15-12-16-34(27-31)55-43-22-14-18-35(48(43)54-49(55)38-20-13-19-37-36-17-8-9-21-41(36)53-47(37)38)32-28-40(51(5,6)7)46-39-30-33(50(2,3)4)24-25-42(39)56(44(46)29-32)45-23-10-11-26-52-45/h8-30,53H,1-7H3. The first-order valence-electron chi connectivity index (χ1n) is 19.6. The Labute approximate surface area is 327 Å². The van der Waals surface area contributed by atoms with E-state index in [9.17, 15) is 0 Å². The average molecular weight is 728 g/mol. The van der Waals surface area contributed by atoms with Crippen LogP contribution in [0.25, 0.3) is 88.7 Å². The Balaban J connectivity index is 1.31. The number of para-hydroxylation sites is 3. The van der Waals surface area contributed by atoms with Crippen LogP contribution in [0.1, 0.15) is 58.2 Å².